The van der Waals surface area contributed by atoms with Crippen LogP contribution in [0.1, 0.15) is 16.8 Å². The SMILES string of the molecule is O=C(c1cc(=O)[nH]c2ccccc12)N1CCCNCC1. The van der Waals surface area contributed by atoms with E-state index in [0.717, 1.165) is 31.4 Å². The van der Waals surface area contributed by atoms with E-state index < -0.39 is 0 Å². The van der Waals surface area contributed by atoms with Gasteiger partial charge in [0.05, 0.1) is 5.56 Å². The normalized spacial score (nSPS) is 16.1. The second kappa shape index (κ2) is 5.46. The quantitative estimate of drug-likeness (QED) is 0.812. The zero-order valence-corrected chi connectivity index (χ0v) is 11.2. The summed E-state index contributed by atoms with van der Waals surface area (Å²) in [4.78, 5) is 29.0. The van der Waals surface area contributed by atoms with Crippen LogP contribution >= 0.6 is 0 Å². The largest absolute Gasteiger partial charge is 0.337 e. The number of H-pyrrole nitrogens is 1. The van der Waals surface area contributed by atoms with Gasteiger partial charge in [-0.25, -0.2) is 0 Å². The van der Waals surface area contributed by atoms with Crippen molar-refractivity contribution in [2.75, 3.05) is 26.2 Å². The van der Waals surface area contributed by atoms with E-state index >= 15 is 0 Å². The molecule has 1 aromatic heterocycles. The summed E-state index contributed by atoms with van der Waals surface area (Å²) >= 11 is 0. The first-order valence-electron chi connectivity index (χ1n) is 6.88. The average molecular weight is 271 g/mol. The number of pyridine rings is 1. The van der Waals surface area contributed by atoms with E-state index in [2.05, 4.69) is 10.3 Å². The summed E-state index contributed by atoms with van der Waals surface area (Å²) in [7, 11) is 0. The van der Waals surface area contributed by atoms with Crippen LogP contribution in [0, 0.1) is 0 Å². The van der Waals surface area contributed by atoms with Crippen LogP contribution < -0.4 is 10.9 Å². The van der Waals surface area contributed by atoms with Gasteiger partial charge in [-0.3, -0.25) is 9.59 Å². The summed E-state index contributed by atoms with van der Waals surface area (Å²) in [6.45, 7) is 3.14. The Morgan fingerprint density at radius 3 is 2.90 bits per heavy atom. The van der Waals surface area contributed by atoms with Gasteiger partial charge >= 0.3 is 0 Å². The van der Waals surface area contributed by atoms with Crippen LogP contribution in [0.2, 0.25) is 0 Å². The summed E-state index contributed by atoms with van der Waals surface area (Å²) in [5, 5.41) is 4.07. The number of rotatable bonds is 1. The van der Waals surface area contributed by atoms with Gasteiger partial charge in [0, 0.05) is 36.6 Å². The Morgan fingerprint density at radius 2 is 2.00 bits per heavy atom. The molecule has 2 aromatic rings. The zero-order chi connectivity index (χ0) is 13.9. The number of fused-ring (bicyclic) bond motifs is 1. The van der Waals surface area contributed by atoms with E-state index in [1.165, 1.54) is 6.07 Å². The number of amides is 1. The summed E-state index contributed by atoms with van der Waals surface area (Å²) in [5.41, 5.74) is 0.961. The third-order valence-corrected chi connectivity index (χ3v) is 3.61. The fourth-order valence-corrected chi connectivity index (χ4v) is 2.60. The molecule has 1 aliphatic heterocycles. The number of hydrogen-bond acceptors (Lipinski definition) is 3. The van der Waals surface area contributed by atoms with E-state index in [1.54, 1.807) is 0 Å². The molecule has 0 radical (unpaired) electrons. The molecule has 0 saturated carbocycles. The predicted molar refractivity (Wildman–Crippen MR) is 78.0 cm³/mol. The highest BCUT2D eigenvalue weighted by Crippen LogP contribution is 2.16. The van der Waals surface area contributed by atoms with Gasteiger partial charge in [-0.2, -0.15) is 0 Å². The van der Waals surface area contributed by atoms with Crippen LogP contribution in [0.4, 0.5) is 0 Å². The van der Waals surface area contributed by atoms with E-state index in [-0.39, 0.29) is 11.5 Å². The van der Waals surface area contributed by atoms with Gasteiger partial charge in [0.1, 0.15) is 0 Å². The molecule has 0 aliphatic carbocycles. The fraction of sp³-hybridized carbons (Fsp3) is 0.333. The van der Waals surface area contributed by atoms with E-state index in [1.807, 2.05) is 29.2 Å². The monoisotopic (exact) mass is 271 g/mol. The molecule has 1 aromatic carbocycles. The van der Waals surface area contributed by atoms with Gasteiger partial charge in [0.15, 0.2) is 0 Å². The molecule has 5 heteroatoms. The molecule has 1 amide bonds. The first-order chi connectivity index (χ1) is 9.75. The second-order valence-electron chi connectivity index (χ2n) is 4.99. The maximum absolute atomic E-state index is 12.7. The molecule has 20 heavy (non-hydrogen) atoms. The molecule has 104 valence electrons. The van der Waals surface area contributed by atoms with Crippen LogP contribution in [0.25, 0.3) is 10.9 Å². The van der Waals surface area contributed by atoms with Gasteiger partial charge in [0.2, 0.25) is 5.56 Å². The van der Waals surface area contributed by atoms with Crippen LogP contribution in [0.3, 0.4) is 0 Å². The molecule has 0 atom stereocenters. The zero-order valence-electron chi connectivity index (χ0n) is 11.2. The highest BCUT2D eigenvalue weighted by Gasteiger charge is 2.19. The lowest BCUT2D eigenvalue weighted by molar-refractivity contribution is 0.0768. The molecule has 2 heterocycles. The Bertz CT molecular complexity index is 685. The van der Waals surface area contributed by atoms with Crippen molar-refractivity contribution >= 4 is 16.8 Å². The number of carbonyl (C=O) groups is 1. The number of aromatic nitrogens is 1. The minimum atomic E-state index is -0.236. The fourth-order valence-electron chi connectivity index (χ4n) is 2.60. The summed E-state index contributed by atoms with van der Waals surface area (Å²) in [5.74, 6) is -0.0593. The Morgan fingerprint density at radius 1 is 1.15 bits per heavy atom. The van der Waals surface area contributed by atoms with Crippen molar-refractivity contribution in [3.05, 3.63) is 46.2 Å². The Kier molecular flexibility index (Phi) is 3.52. The summed E-state index contributed by atoms with van der Waals surface area (Å²) in [6, 6.07) is 8.82. The number of para-hydroxylation sites is 1. The van der Waals surface area contributed by atoms with Gasteiger partial charge in [0.25, 0.3) is 5.91 Å². The van der Waals surface area contributed by atoms with Gasteiger partial charge in [-0.1, -0.05) is 18.2 Å². The lowest BCUT2D eigenvalue weighted by Gasteiger charge is -2.20. The first kappa shape index (κ1) is 12.9. The number of nitrogens with zero attached hydrogens (tertiary/aromatic N) is 1. The van der Waals surface area contributed by atoms with Crippen LogP contribution in [0.15, 0.2) is 35.1 Å². The molecule has 0 bridgehead atoms. The lowest BCUT2D eigenvalue weighted by atomic mass is 10.1. The highest BCUT2D eigenvalue weighted by atomic mass is 16.2. The molecule has 3 rings (SSSR count). The molecule has 1 aliphatic rings. The van der Waals surface area contributed by atoms with Gasteiger partial charge in [-0.15, -0.1) is 0 Å². The van der Waals surface area contributed by atoms with Crippen molar-refractivity contribution in [1.29, 1.82) is 0 Å². The standard InChI is InChI=1S/C15H17N3O2/c19-14-10-12(11-4-1-2-5-13(11)17-14)15(20)18-8-3-6-16-7-9-18/h1-2,4-5,10,16H,3,6-9H2,(H,17,19). The van der Waals surface area contributed by atoms with Crippen LogP contribution in [-0.4, -0.2) is 42.0 Å². The number of carbonyl (C=O) groups excluding carboxylic acids is 1. The number of benzene rings is 1. The smallest absolute Gasteiger partial charge is 0.254 e. The topological polar surface area (TPSA) is 65.2 Å². The molecule has 5 nitrogen and oxygen atoms in total. The highest BCUT2D eigenvalue weighted by molar-refractivity contribution is 6.05. The molecule has 0 unspecified atom stereocenters. The minimum Gasteiger partial charge on any atom is -0.337 e. The summed E-state index contributed by atoms with van der Waals surface area (Å²) in [6.07, 6.45) is 0.937. The predicted octanol–water partition coefficient (Wildman–Crippen LogP) is 0.964. The molecule has 1 saturated heterocycles. The second-order valence-corrected chi connectivity index (χ2v) is 4.99. The lowest BCUT2D eigenvalue weighted by Crippen LogP contribution is -2.34. The average Bonchev–Trinajstić information content (AvgIpc) is 2.74. The van der Waals surface area contributed by atoms with E-state index in [0.29, 0.717) is 17.6 Å². The van der Waals surface area contributed by atoms with Crippen LogP contribution in [0.5, 0.6) is 0 Å². The Balaban J connectivity index is 2.04. The number of hydrogen-bond donors (Lipinski definition) is 2. The van der Waals surface area contributed by atoms with Crippen molar-refractivity contribution in [1.82, 2.24) is 15.2 Å². The maximum atomic E-state index is 12.7. The first-order valence-corrected chi connectivity index (χ1v) is 6.88. The molecule has 2 N–H and O–H groups in total. The van der Waals surface area contributed by atoms with Crippen molar-refractivity contribution in [3.8, 4) is 0 Å². The molecular weight excluding hydrogens is 254 g/mol. The maximum Gasteiger partial charge on any atom is 0.254 e. The van der Waals surface area contributed by atoms with Gasteiger partial charge < -0.3 is 15.2 Å². The van der Waals surface area contributed by atoms with Crippen molar-refractivity contribution in [3.63, 3.8) is 0 Å². The molecule has 0 spiro atoms. The third-order valence-electron chi connectivity index (χ3n) is 3.61. The van der Waals surface area contributed by atoms with Crippen LogP contribution in [-0.2, 0) is 0 Å². The molecular formula is C15H17N3O2. The van der Waals surface area contributed by atoms with Crippen molar-refractivity contribution in [2.45, 2.75) is 6.42 Å². The van der Waals surface area contributed by atoms with Gasteiger partial charge in [-0.05, 0) is 19.0 Å². The Labute approximate surface area is 116 Å². The third kappa shape index (κ3) is 2.44. The van der Waals surface area contributed by atoms with Crippen molar-refractivity contribution < 1.29 is 4.79 Å². The van der Waals surface area contributed by atoms with E-state index in [9.17, 15) is 9.59 Å². The number of nitrogens with one attached hydrogen (secondary N) is 2. The molecule has 1 fully saturated rings. The summed E-state index contributed by atoms with van der Waals surface area (Å²) < 4.78 is 0. The van der Waals surface area contributed by atoms with E-state index in [4.69, 9.17) is 0 Å². The minimum absolute atomic E-state index is 0.0593. The number of aromatic amines is 1. The van der Waals surface area contributed by atoms with Crippen molar-refractivity contribution in [2.24, 2.45) is 0 Å². The Hall–Kier alpha value is -2.14.